The number of halogens is 1. The first-order chi connectivity index (χ1) is 13.9. The lowest BCUT2D eigenvalue weighted by Crippen LogP contribution is -2.45. The highest BCUT2D eigenvalue weighted by Gasteiger charge is 2.27. The number of anilines is 1. The second kappa shape index (κ2) is 9.41. The molecule has 9 heteroatoms. The number of hydrogen-bond donors (Lipinski definition) is 2. The van der Waals surface area contributed by atoms with Crippen molar-refractivity contribution in [3.8, 4) is 5.75 Å². The Labute approximate surface area is 178 Å². The summed E-state index contributed by atoms with van der Waals surface area (Å²) in [5.74, 6) is -0.0147. The number of sulfonamides is 1. The molecule has 1 amide bonds. The summed E-state index contributed by atoms with van der Waals surface area (Å²) >= 11 is 7.20. The summed E-state index contributed by atoms with van der Waals surface area (Å²) in [7, 11) is -2.34. The number of carbonyl (C=O) groups is 1. The van der Waals surface area contributed by atoms with E-state index in [0.29, 0.717) is 16.5 Å². The van der Waals surface area contributed by atoms with E-state index in [9.17, 15) is 13.2 Å². The fraction of sp³-hybridized carbons (Fsp3) is 0.150. The van der Waals surface area contributed by atoms with Gasteiger partial charge in [0.2, 0.25) is 5.91 Å². The minimum atomic E-state index is -3.83. The highest BCUT2D eigenvalue weighted by Crippen LogP contribution is 2.27. The summed E-state index contributed by atoms with van der Waals surface area (Å²) < 4.78 is 33.1. The number of nitrogens with one attached hydrogen (secondary N) is 2. The quantitative estimate of drug-likeness (QED) is 0.544. The van der Waals surface area contributed by atoms with Crippen LogP contribution in [0.15, 0.2) is 70.3 Å². The number of ether oxygens (including phenoxy) is 1. The number of hydrogen-bond acceptors (Lipinski definition) is 5. The molecule has 29 heavy (non-hydrogen) atoms. The van der Waals surface area contributed by atoms with Crippen LogP contribution in [0.3, 0.4) is 0 Å². The van der Waals surface area contributed by atoms with Crippen molar-refractivity contribution in [2.24, 2.45) is 0 Å². The van der Waals surface area contributed by atoms with Crippen LogP contribution in [-0.4, -0.2) is 27.5 Å². The monoisotopic (exact) mass is 450 g/mol. The number of benzene rings is 2. The Morgan fingerprint density at radius 3 is 2.52 bits per heavy atom. The zero-order valence-electron chi connectivity index (χ0n) is 15.5. The standard InChI is InChI=1S/C20H19ClN2O4S2/c1-27-18-10-9-15(13-16(18)21)22-20(24)17(12-14-6-3-2-4-7-14)23-29(25,26)19-8-5-11-28-19/h2-11,13,17,23H,12H2,1H3,(H,22,24)/t17-/m1/s1. The predicted octanol–water partition coefficient (Wildman–Crippen LogP) is 3.94. The van der Waals surface area contributed by atoms with Crippen molar-refractivity contribution in [1.82, 2.24) is 4.72 Å². The zero-order chi connectivity index (χ0) is 20.9. The lowest BCUT2D eigenvalue weighted by Gasteiger charge is -2.18. The molecule has 0 aliphatic heterocycles. The van der Waals surface area contributed by atoms with E-state index >= 15 is 0 Å². The molecule has 1 atom stereocenters. The van der Waals surface area contributed by atoms with Crippen LogP contribution in [0.25, 0.3) is 0 Å². The maximum absolute atomic E-state index is 12.9. The van der Waals surface area contributed by atoms with Crippen molar-refractivity contribution in [1.29, 1.82) is 0 Å². The van der Waals surface area contributed by atoms with Gasteiger partial charge in [-0.25, -0.2) is 8.42 Å². The molecule has 0 radical (unpaired) electrons. The predicted molar refractivity (Wildman–Crippen MR) is 115 cm³/mol. The summed E-state index contributed by atoms with van der Waals surface area (Å²) in [5, 5.41) is 4.72. The van der Waals surface area contributed by atoms with Gasteiger partial charge in [-0.1, -0.05) is 48.0 Å². The van der Waals surface area contributed by atoms with Gasteiger partial charge in [0, 0.05) is 5.69 Å². The third-order valence-corrected chi connectivity index (χ3v) is 7.24. The molecule has 0 fully saturated rings. The average molecular weight is 451 g/mol. The third kappa shape index (κ3) is 5.57. The fourth-order valence-electron chi connectivity index (χ4n) is 2.67. The molecule has 0 spiro atoms. The molecule has 3 rings (SSSR count). The maximum atomic E-state index is 12.9. The molecule has 152 valence electrons. The van der Waals surface area contributed by atoms with Crippen LogP contribution < -0.4 is 14.8 Å². The number of rotatable bonds is 8. The first-order valence-electron chi connectivity index (χ1n) is 8.63. The number of amides is 1. The van der Waals surface area contributed by atoms with Crippen LogP contribution in [0.4, 0.5) is 5.69 Å². The van der Waals surface area contributed by atoms with Crippen molar-refractivity contribution in [2.75, 3.05) is 12.4 Å². The van der Waals surface area contributed by atoms with E-state index in [4.69, 9.17) is 16.3 Å². The van der Waals surface area contributed by atoms with E-state index in [-0.39, 0.29) is 10.6 Å². The van der Waals surface area contributed by atoms with Crippen LogP contribution in [0.5, 0.6) is 5.75 Å². The van der Waals surface area contributed by atoms with Crippen molar-refractivity contribution < 1.29 is 17.9 Å². The van der Waals surface area contributed by atoms with Gasteiger partial charge < -0.3 is 10.1 Å². The van der Waals surface area contributed by atoms with Gasteiger partial charge in [0.1, 0.15) is 16.0 Å². The average Bonchev–Trinajstić information content (AvgIpc) is 3.24. The normalized spacial score (nSPS) is 12.3. The molecule has 2 N–H and O–H groups in total. The highest BCUT2D eigenvalue weighted by molar-refractivity contribution is 7.91. The van der Waals surface area contributed by atoms with Crippen LogP contribution >= 0.6 is 22.9 Å². The van der Waals surface area contributed by atoms with Crippen molar-refractivity contribution in [3.05, 3.63) is 76.6 Å². The van der Waals surface area contributed by atoms with E-state index < -0.39 is 22.0 Å². The summed E-state index contributed by atoms with van der Waals surface area (Å²) in [6, 6.07) is 16.1. The second-order valence-corrected chi connectivity index (χ2v) is 9.43. The Bertz CT molecular complexity index is 1070. The largest absolute Gasteiger partial charge is 0.495 e. The van der Waals surface area contributed by atoms with E-state index in [0.717, 1.165) is 16.9 Å². The minimum Gasteiger partial charge on any atom is -0.495 e. The molecular formula is C20H19ClN2O4S2. The lowest BCUT2D eigenvalue weighted by molar-refractivity contribution is -0.117. The van der Waals surface area contributed by atoms with Crippen LogP contribution in [0, 0.1) is 0 Å². The smallest absolute Gasteiger partial charge is 0.250 e. The summed E-state index contributed by atoms with van der Waals surface area (Å²) in [5.41, 5.74) is 1.27. The molecule has 2 aromatic carbocycles. The Balaban J connectivity index is 1.83. The van der Waals surface area contributed by atoms with Crippen LogP contribution in [0.2, 0.25) is 5.02 Å². The van der Waals surface area contributed by atoms with E-state index in [2.05, 4.69) is 10.0 Å². The second-order valence-electron chi connectivity index (χ2n) is 6.13. The first kappa shape index (κ1) is 21.3. The summed E-state index contributed by atoms with van der Waals surface area (Å²) in [6.45, 7) is 0. The molecule has 0 saturated carbocycles. The molecule has 3 aromatic rings. The van der Waals surface area contributed by atoms with Crippen molar-refractivity contribution >= 4 is 44.6 Å². The molecule has 0 bridgehead atoms. The van der Waals surface area contributed by atoms with Gasteiger partial charge in [0.05, 0.1) is 12.1 Å². The summed E-state index contributed by atoms with van der Waals surface area (Å²) in [4.78, 5) is 12.9. The Morgan fingerprint density at radius 2 is 1.90 bits per heavy atom. The van der Waals surface area contributed by atoms with Crippen LogP contribution in [-0.2, 0) is 21.2 Å². The number of methoxy groups -OCH3 is 1. The maximum Gasteiger partial charge on any atom is 0.250 e. The molecule has 0 aliphatic carbocycles. The molecule has 0 unspecified atom stereocenters. The van der Waals surface area contributed by atoms with Gasteiger partial charge >= 0.3 is 0 Å². The molecule has 1 heterocycles. The van der Waals surface area contributed by atoms with E-state index in [1.165, 1.54) is 13.2 Å². The topological polar surface area (TPSA) is 84.5 Å². The van der Waals surface area contributed by atoms with Crippen molar-refractivity contribution in [2.45, 2.75) is 16.7 Å². The highest BCUT2D eigenvalue weighted by atomic mass is 35.5. The SMILES string of the molecule is COc1ccc(NC(=O)[C@@H](Cc2ccccc2)NS(=O)(=O)c2cccs2)cc1Cl. The minimum absolute atomic E-state index is 0.149. The molecule has 0 aliphatic rings. The van der Waals surface area contributed by atoms with Gasteiger partial charge in [-0.15, -0.1) is 11.3 Å². The van der Waals surface area contributed by atoms with E-state index in [1.54, 1.807) is 29.6 Å². The van der Waals surface area contributed by atoms with Gasteiger partial charge in [-0.2, -0.15) is 4.72 Å². The van der Waals surface area contributed by atoms with Gasteiger partial charge in [-0.3, -0.25) is 4.79 Å². The van der Waals surface area contributed by atoms with Gasteiger partial charge in [-0.05, 0) is 41.6 Å². The Kier molecular flexibility index (Phi) is 6.92. The fourth-order valence-corrected chi connectivity index (χ4v) is 5.14. The van der Waals surface area contributed by atoms with Crippen molar-refractivity contribution in [3.63, 3.8) is 0 Å². The summed E-state index contributed by atoms with van der Waals surface area (Å²) in [6.07, 6.45) is 0.196. The lowest BCUT2D eigenvalue weighted by atomic mass is 10.1. The number of carbonyl (C=O) groups excluding carboxylic acids is 1. The van der Waals surface area contributed by atoms with Crippen LogP contribution in [0.1, 0.15) is 5.56 Å². The molecule has 6 nitrogen and oxygen atoms in total. The number of thiophene rings is 1. The van der Waals surface area contributed by atoms with Gasteiger partial charge in [0.15, 0.2) is 0 Å². The molecular weight excluding hydrogens is 432 g/mol. The third-order valence-electron chi connectivity index (χ3n) is 4.08. The Hall–Kier alpha value is -2.39. The first-order valence-corrected chi connectivity index (χ1v) is 11.4. The molecule has 0 saturated heterocycles. The molecule has 1 aromatic heterocycles. The zero-order valence-corrected chi connectivity index (χ0v) is 17.9. The Morgan fingerprint density at radius 1 is 1.14 bits per heavy atom. The van der Waals surface area contributed by atoms with E-state index in [1.807, 2.05) is 30.3 Å². The van der Waals surface area contributed by atoms with Gasteiger partial charge in [0.25, 0.3) is 10.0 Å².